The summed E-state index contributed by atoms with van der Waals surface area (Å²) in [5, 5.41) is 0. The van der Waals surface area contributed by atoms with E-state index in [9.17, 15) is 0 Å². The molecule has 80 valence electrons. The molecule has 2 radical (unpaired) electrons. The van der Waals surface area contributed by atoms with Crippen molar-refractivity contribution in [3.8, 4) is 0 Å². The van der Waals surface area contributed by atoms with Crippen molar-refractivity contribution in [3.05, 3.63) is 0 Å². The van der Waals surface area contributed by atoms with Gasteiger partial charge in [-0.1, -0.05) is 0 Å². The monoisotopic (exact) mass is 318 g/mol. The van der Waals surface area contributed by atoms with E-state index in [2.05, 4.69) is 0 Å². The minimum Gasteiger partial charge on any atom is 0 e. The molecule has 14 heteroatoms. The molecule has 0 aliphatic carbocycles. The first-order valence-electron chi connectivity index (χ1n) is 1.57. The van der Waals surface area contributed by atoms with Crippen LogP contribution in [-0.4, -0.2) is 67.1 Å². The molecule has 0 fully saturated rings. The maximum atomic E-state index is 8.88. The largest absolute Gasteiger partial charge is 0 e. The third-order valence-electron chi connectivity index (χ3n) is 0. The van der Waals surface area contributed by atoms with Crippen LogP contribution >= 0.6 is 15.6 Å². The van der Waals surface area contributed by atoms with Crippen LogP contribution in [0, 0.1) is 0 Å². The summed E-state index contributed by atoms with van der Waals surface area (Å²) < 4.78 is 17.8. The molecule has 0 spiro atoms. The molecular formula is H8Li2MnO8P2V. The van der Waals surface area contributed by atoms with Crippen molar-refractivity contribution in [3.63, 3.8) is 0 Å². The minimum atomic E-state index is -4.64. The SMILES string of the molecule is O=P(O)(O)O.O=P(O)(O)O.[LiH].[LiH].[Mn].[V]. The van der Waals surface area contributed by atoms with Crippen molar-refractivity contribution in [2.24, 2.45) is 0 Å². The molecule has 0 unspecified atom stereocenters. The van der Waals surface area contributed by atoms with Crippen LogP contribution in [0.1, 0.15) is 0 Å². The average molecular weight is 318 g/mol. The van der Waals surface area contributed by atoms with Crippen LogP contribution in [0.25, 0.3) is 0 Å². The predicted octanol–water partition coefficient (Wildman–Crippen LogP) is -3.16. The van der Waals surface area contributed by atoms with Crippen molar-refractivity contribution in [1.82, 2.24) is 0 Å². The molecule has 0 bridgehead atoms. The molecule has 0 aromatic carbocycles. The molecule has 0 aromatic rings. The van der Waals surface area contributed by atoms with E-state index in [1.807, 2.05) is 0 Å². The molecule has 0 atom stereocenters. The number of phosphoric acid groups is 2. The van der Waals surface area contributed by atoms with Crippen molar-refractivity contribution in [2.75, 3.05) is 0 Å². The molecule has 8 nitrogen and oxygen atoms in total. The molecule has 14 heavy (non-hydrogen) atoms. The summed E-state index contributed by atoms with van der Waals surface area (Å²) in [6, 6.07) is 0. The minimum absolute atomic E-state index is 0. The smallest absolute Gasteiger partial charge is 0 e. The first-order chi connectivity index (χ1) is 4.00. The summed E-state index contributed by atoms with van der Waals surface area (Å²) in [6.07, 6.45) is 0. The van der Waals surface area contributed by atoms with Gasteiger partial charge < -0.3 is 29.4 Å². The first kappa shape index (κ1) is 36.0. The van der Waals surface area contributed by atoms with Crippen LogP contribution in [0.5, 0.6) is 0 Å². The Kier molecular flexibility index (Phi) is 39.9. The number of hydrogen-bond acceptors (Lipinski definition) is 2. The average Bonchev–Trinajstić information content (AvgIpc) is 1.12. The second-order valence-corrected chi connectivity index (χ2v) is 3.08. The molecule has 0 aromatic heterocycles. The van der Waals surface area contributed by atoms with Gasteiger partial charge in [-0.05, 0) is 0 Å². The van der Waals surface area contributed by atoms with Gasteiger partial charge in [0.05, 0.1) is 0 Å². The Bertz CT molecular complexity index is 138. The Labute approximate surface area is 126 Å². The molecule has 0 rings (SSSR count). The van der Waals surface area contributed by atoms with Gasteiger partial charge in [-0.3, -0.25) is 0 Å². The molecule has 0 amide bonds. The fourth-order valence-corrected chi connectivity index (χ4v) is 0. The van der Waals surface area contributed by atoms with Gasteiger partial charge in [-0.25, -0.2) is 9.13 Å². The Balaban J connectivity index is -0.0000000178. The zero-order chi connectivity index (χ0) is 9.00. The van der Waals surface area contributed by atoms with Gasteiger partial charge in [0.15, 0.2) is 0 Å². The fourth-order valence-electron chi connectivity index (χ4n) is 0. The molecule has 0 saturated carbocycles. The van der Waals surface area contributed by atoms with Gasteiger partial charge in [0, 0.05) is 35.6 Å². The van der Waals surface area contributed by atoms with E-state index in [1.54, 1.807) is 0 Å². The van der Waals surface area contributed by atoms with Crippen molar-refractivity contribution < 1.29 is 74.1 Å². The second kappa shape index (κ2) is 15.5. The topological polar surface area (TPSA) is 156 Å². The van der Waals surface area contributed by atoms with Gasteiger partial charge in [0.2, 0.25) is 0 Å². The molecule has 0 aliphatic rings. The number of rotatable bonds is 0. The fraction of sp³-hybridized carbons (Fsp3) is 0. The summed E-state index contributed by atoms with van der Waals surface area (Å²) >= 11 is 0. The second-order valence-electron chi connectivity index (χ2n) is 1.03. The number of hydrogen-bond donors (Lipinski definition) is 6. The zero-order valence-electron chi connectivity index (χ0n) is 5.22. The van der Waals surface area contributed by atoms with Gasteiger partial charge in [-0.2, -0.15) is 0 Å². The van der Waals surface area contributed by atoms with Crippen molar-refractivity contribution in [1.29, 1.82) is 0 Å². The van der Waals surface area contributed by atoms with Gasteiger partial charge >= 0.3 is 53.4 Å². The van der Waals surface area contributed by atoms with Crippen LogP contribution in [0.4, 0.5) is 0 Å². The van der Waals surface area contributed by atoms with Crippen LogP contribution in [-0.2, 0) is 44.8 Å². The summed E-state index contributed by atoms with van der Waals surface area (Å²) in [5.74, 6) is 0. The normalized spacial score (nSPS) is 8.43. The van der Waals surface area contributed by atoms with E-state index in [-0.39, 0.29) is 73.3 Å². The molecule has 0 heterocycles. The maximum Gasteiger partial charge on any atom is 0 e. The zero-order valence-corrected chi connectivity index (χ0v) is 9.59. The van der Waals surface area contributed by atoms with Crippen molar-refractivity contribution >= 4 is 53.4 Å². The Morgan fingerprint density at radius 2 is 0.643 bits per heavy atom. The Hall–Kier alpha value is 2.52. The van der Waals surface area contributed by atoms with E-state index in [0.717, 1.165) is 0 Å². The van der Waals surface area contributed by atoms with Gasteiger partial charge in [0.1, 0.15) is 0 Å². The van der Waals surface area contributed by atoms with Gasteiger partial charge in [-0.15, -0.1) is 0 Å². The van der Waals surface area contributed by atoms with E-state index < -0.39 is 15.6 Å². The summed E-state index contributed by atoms with van der Waals surface area (Å²) in [6.45, 7) is 0. The maximum absolute atomic E-state index is 8.88. The van der Waals surface area contributed by atoms with Crippen LogP contribution < -0.4 is 0 Å². The first-order valence-corrected chi connectivity index (χ1v) is 4.70. The van der Waals surface area contributed by atoms with Crippen LogP contribution in [0.15, 0.2) is 0 Å². The van der Waals surface area contributed by atoms with Crippen LogP contribution in [0.2, 0.25) is 0 Å². The van der Waals surface area contributed by atoms with E-state index in [4.69, 9.17) is 38.5 Å². The van der Waals surface area contributed by atoms with Crippen LogP contribution in [0.3, 0.4) is 0 Å². The molecular weight excluding hydrogens is 310 g/mol. The Morgan fingerprint density at radius 3 is 0.643 bits per heavy atom. The standard InChI is InChI=1S/2Li.Mn.2H3O4P.V.2H/c;;;2*1-5(2,3)4;;;/h;;;2*(H3,1,2,3,4);;;. The predicted molar refractivity (Wildman–Crippen MR) is 42.8 cm³/mol. The van der Waals surface area contributed by atoms with E-state index in [0.29, 0.717) is 0 Å². The Morgan fingerprint density at radius 1 is 0.643 bits per heavy atom. The molecule has 6 N–H and O–H groups in total. The van der Waals surface area contributed by atoms with E-state index >= 15 is 0 Å². The third kappa shape index (κ3) is 418. The molecule has 0 aliphatic heterocycles. The molecule has 0 saturated heterocycles. The third-order valence-corrected chi connectivity index (χ3v) is 0. The summed E-state index contributed by atoms with van der Waals surface area (Å²) in [4.78, 5) is 43.1. The van der Waals surface area contributed by atoms with Crippen molar-refractivity contribution in [2.45, 2.75) is 0 Å². The van der Waals surface area contributed by atoms with E-state index in [1.165, 1.54) is 0 Å². The van der Waals surface area contributed by atoms with Gasteiger partial charge in [0.25, 0.3) is 0 Å². The quantitative estimate of drug-likeness (QED) is 0.202. The summed E-state index contributed by atoms with van der Waals surface area (Å²) in [7, 11) is -9.28. The summed E-state index contributed by atoms with van der Waals surface area (Å²) in [5.41, 5.74) is 0.